The molecule has 0 atom stereocenters. The van der Waals surface area contributed by atoms with E-state index in [9.17, 15) is 13.2 Å². The van der Waals surface area contributed by atoms with Crippen LogP contribution in [0.3, 0.4) is 0 Å². The van der Waals surface area contributed by atoms with Gasteiger partial charge in [0.25, 0.3) is 0 Å². The summed E-state index contributed by atoms with van der Waals surface area (Å²) in [6, 6.07) is 0. The van der Waals surface area contributed by atoms with Crippen LogP contribution in [0.1, 0.15) is 6.92 Å². The van der Waals surface area contributed by atoms with Crippen LogP contribution in [0, 0.1) is 0 Å². The van der Waals surface area contributed by atoms with E-state index in [0.717, 1.165) is 18.4 Å². The van der Waals surface area contributed by atoms with E-state index >= 15 is 0 Å². The third-order valence-electron chi connectivity index (χ3n) is 0.834. The molecule has 62 valence electrons. The molecule has 0 radical (unpaired) electrons. The molecule has 0 aromatic rings. The van der Waals surface area contributed by atoms with Crippen molar-refractivity contribution in [3.05, 3.63) is 24.4 Å². The van der Waals surface area contributed by atoms with E-state index in [0.29, 0.717) is 0 Å². The number of halogens is 3. The van der Waals surface area contributed by atoms with Crippen molar-refractivity contribution >= 4 is 6.21 Å². The maximum atomic E-state index is 11.9. The lowest BCUT2D eigenvalue weighted by atomic mass is 10.4. The molecule has 4 heteroatoms. The van der Waals surface area contributed by atoms with Crippen molar-refractivity contribution in [3.63, 3.8) is 0 Å². The Morgan fingerprint density at radius 3 is 2.27 bits per heavy atom. The molecule has 0 saturated carbocycles. The van der Waals surface area contributed by atoms with Crippen LogP contribution in [0.5, 0.6) is 0 Å². The van der Waals surface area contributed by atoms with Crippen LogP contribution in [0.15, 0.2) is 29.4 Å². The van der Waals surface area contributed by atoms with Gasteiger partial charge in [-0.05, 0) is 13.0 Å². The number of hydrogen-bond donors (Lipinski definition) is 0. The van der Waals surface area contributed by atoms with E-state index in [1.54, 1.807) is 0 Å². The second-order valence-electron chi connectivity index (χ2n) is 1.67. The van der Waals surface area contributed by atoms with Gasteiger partial charge in [0.2, 0.25) is 0 Å². The van der Waals surface area contributed by atoms with Gasteiger partial charge in [-0.1, -0.05) is 12.7 Å². The van der Waals surface area contributed by atoms with E-state index in [-0.39, 0.29) is 0 Å². The van der Waals surface area contributed by atoms with Crippen LogP contribution in [0.4, 0.5) is 13.2 Å². The summed E-state index contributed by atoms with van der Waals surface area (Å²) in [4.78, 5) is 3.12. The quantitative estimate of drug-likeness (QED) is 0.438. The number of alkyl halides is 3. The molecule has 0 N–H and O–H groups in total. The van der Waals surface area contributed by atoms with Crippen LogP contribution in [-0.2, 0) is 0 Å². The van der Waals surface area contributed by atoms with E-state index < -0.39 is 11.9 Å². The van der Waals surface area contributed by atoms with Gasteiger partial charge < -0.3 is 0 Å². The fourth-order valence-electron chi connectivity index (χ4n) is 0.461. The smallest absolute Gasteiger partial charge is 0.256 e. The molecule has 0 aliphatic carbocycles. The Balaban J connectivity index is 4.61. The highest BCUT2D eigenvalue weighted by atomic mass is 19.4. The highest BCUT2D eigenvalue weighted by molar-refractivity contribution is 5.55. The van der Waals surface area contributed by atoms with Crippen molar-refractivity contribution in [2.24, 2.45) is 4.99 Å². The molecule has 0 fully saturated rings. The fourth-order valence-corrected chi connectivity index (χ4v) is 0.461. The minimum Gasteiger partial charge on any atom is -0.256 e. The molecule has 0 aliphatic heterocycles. The summed E-state index contributed by atoms with van der Waals surface area (Å²) in [5, 5.41) is 0. The number of aliphatic imine (C=N–C) groups is 1. The first kappa shape index (κ1) is 9.94. The van der Waals surface area contributed by atoms with Gasteiger partial charge in [0.1, 0.15) is 5.70 Å². The zero-order valence-corrected chi connectivity index (χ0v) is 6.02. The largest absolute Gasteiger partial charge is 0.433 e. The van der Waals surface area contributed by atoms with Crippen LogP contribution in [-0.4, -0.2) is 12.4 Å². The summed E-state index contributed by atoms with van der Waals surface area (Å²) in [6.07, 6.45) is -1.43. The zero-order chi connectivity index (χ0) is 8.91. The van der Waals surface area contributed by atoms with Crippen molar-refractivity contribution in [1.29, 1.82) is 0 Å². The van der Waals surface area contributed by atoms with Gasteiger partial charge in [-0.25, -0.2) is 0 Å². The molecule has 11 heavy (non-hydrogen) atoms. The second-order valence-corrected chi connectivity index (χ2v) is 1.67. The Bertz CT molecular complexity index is 188. The molecular formula is C7H8F3N. The molecule has 0 spiro atoms. The van der Waals surface area contributed by atoms with Gasteiger partial charge >= 0.3 is 6.18 Å². The van der Waals surface area contributed by atoms with E-state index in [1.165, 1.54) is 6.92 Å². The van der Waals surface area contributed by atoms with Gasteiger partial charge in [0.15, 0.2) is 0 Å². The topological polar surface area (TPSA) is 12.4 Å². The number of allylic oxidation sites excluding steroid dienone is 3. The third kappa shape index (κ3) is 3.60. The highest BCUT2D eigenvalue weighted by Gasteiger charge is 2.32. The summed E-state index contributed by atoms with van der Waals surface area (Å²) in [7, 11) is 0. The van der Waals surface area contributed by atoms with Crippen LogP contribution in [0.2, 0.25) is 0 Å². The predicted octanol–water partition coefficient (Wildman–Crippen LogP) is 2.71. The molecular weight excluding hydrogens is 155 g/mol. The van der Waals surface area contributed by atoms with Gasteiger partial charge in [0, 0.05) is 6.21 Å². The highest BCUT2D eigenvalue weighted by Crippen LogP contribution is 2.25. The fraction of sp³-hybridized carbons (Fsp3) is 0.286. The Morgan fingerprint density at radius 2 is 2.00 bits per heavy atom. The number of hydrogen-bond acceptors (Lipinski definition) is 1. The summed E-state index contributed by atoms with van der Waals surface area (Å²) in [6.45, 7) is 4.57. The summed E-state index contributed by atoms with van der Waals surface area (Å²) < 4.78 is 35.6. The molecule has 0 aromatic carbocycles. The number of nitrogens with zero attached hydrogens (tertiary/aromatic N) is 1. The van der Waals surface area contributed by atoms with Crippen LogP contribution >= 0.6 is 0 Å². The Labute approximate surface area is 62.9 Å². The van der Waals surface area contributed by atoms with Crippen molar-refractivity contribution in [2.75, 3.05) is 0 Å². The average Bonchev–Trinajstić information content (AvgIpc) is 1.85. The zero-order valence-electron chi connectivity index (χ0n) is 6.02. The lowest BCUT2D eigenvalue weighted by molar-refractivity contribution is -0.0922. The van der Waals surface area contributed by atoms with Crippen molar-refractivity contribution in [1.82, 2.24) is 0 Å². The first-order valence-electron chi connectivity index (χ1n) is 2.91. The minimum atomic E-state index is -4.39. The maximum absolute atomic E-state index is 11.9. The Kier molecular flexibility index (Phi) is 3.57. The van der Waals surface area contributed by atoms with Gasteiger partial charge in [-0.3, -0.25) is 4.99 Å². The third-order valence-corrected chi connectivity index (χ3v) is 0.834. The van der Waals surface area contributed by atoms with Crippen molar-refractivity contribution < 1.29 is 13.2 Å². The van der Waals surface area contributed by atoms with Crippen molar-refractivity contribution in [3.8, 4) is 0 Å². The van der Waals surface area contributed by atoms with E-state index in [2.05, 4.69) is 11.6 Å². The standard InChI is InChI=1S/C7H8F3N/c1-3-5-6(11-4-2)7(8,9)10/h3-5H,1H2,2H3/b6-5-,11-4?. The molecule has 0 unspecified atom stereocenters. The van der Waals surface area contributed by atoms with Crippen molar-refractivity contribution in [2.45, 2.75) is 13.1 Å². The molecule has 0 aliphatic rings. The monoisotopic (exact) mass is 163 g/mol. The summed E-state index contributed by atoms with van der Waals surface area (Å²) >= 11 is 0. The lowest BCUT2D eigenvalue weighted by Crippen LogP contribution is -2.09. The molecule has 1 nitrogen and oxygen atoms in total. The first-order chi connectivity index (χ1) is 5.02. The maximum Gasteiger partial charge on any atom is 0.433 e. The summed E-state index contributed by atoms with van der Waals surface area (Å²) in [5.74, 6) is 0. The van der Waals surface area contributed by atoms with Crippen LogP contribution < -0.4 is 0 Å². The molecule has 0 amide bonds. The normalized spacial score (nSPS) is 14.0. The Hall–Kier alpha value is -1.06. The van der Waals surface area contributed by atoms with E-state index in [1.807, 2.05) is 0 Å². The Morgan fingerprint density at radius 1 is 1.45 bits per heavy atom. The van der Waals surface area contributed by atoms with Gasteiger partial charge in [-0.2, -0.15) is 13.2 Å². The van der Waals surface area contributed by atoms with E-state index in [4.69, 9.17) is 0 Å². The van der Waals surface area contributed by atoms with Gasteiger partial charge in [-0.15, -0.1) is 0 Å². The SMILES string of the molecule is C=C/C=C(\N=CC)C(F)(F)F. The molecule has 0 rings (SSSR count). The molecule has 0 aromatic heterocycles. The second kappa shape index (κ2) is 3.95. The molecule has 0 saturated heterocycles. The average molecular weight is 163 g/mol. The minimum absolute atomic E-state index is 0.819. The van der Waals surface area contributed by atoms with Gasteiger partial charge in [0.05, 0.1) is 0 Å². The lowest BCUT2D eigenvalue weighted by Gasteiger charge is -2.04. The first-order valence-corrected chi connectivity index (χ1v) is 2.91. The number of rotatable bonds is 2. The molecule has 0 bridgehead atoms. The summed E-state index contributed by atoms with van der Waals surface area (Å²) in [5.41, 5.74) is -0.935. The predicted molar refractivity (Wildman–Crippen MR) is 38.5 cm³/mol. The van der Waals surface area contributed by atoms with Crippen LogP contribution in [0.25, 0.3) is 0 Å². The molecule has 0 heterocycles.